The maximum absolute atomic E-state index is 6.23. The summed E-state index contributed by atoms with van der Waals surface area (Å²) >= 11 is 11.5. The van der Waals surface area contributed by atoms with E-state index in [9.17, 15) is 0 Å². The first-order valence-corrected chi connectivity index (χ1v) is 8.86. The Morgan fingerprint density at radius 1 is 1.25 bits per heavy atom. The lowest BCUT2D eigenvalue weighted by molar-refractivity contribution is 0.317. The molecule has 0 aliphatic carbocycles. The molecular weight excluding hydrogens is 356 g/mol. The number of hydrogen-bond donors (Lipinski definition) is 0. The molecule has 1 unspecified atom stereocenters. The van der Waals surface area contributed by atoms with Gasteiger partial charge in [0.2, 0.25) is 0 Å². The van der Waals surface area contributed by atoms with Crippen LogP contribution in [0.3, 0.4) is 0 Å². The zero-order chi connectivity index (χ0) is 13.9. The van der Waals surface area contributed by atoms with E-state index in [-0.39, 0.29) is 0 Å². The Hall–Kier alpha value is -0.640. The van der Waals surface area contributed by atoms with Crippen LogP contribution in [-0.2, 0) is 11.8 Å². The summed E-state index contributed by atoms with van der Waals surface area (Å²) in [5.41, 5.74) is 2.58. The van der Waals surface area contributed by atoms with E-state index in [0.29, 0.717) is 16.9 Å². The Morgan fingerprint density at radius 3 is 2.85 bits per heavy atom. The highest BCUT2D eigenvalue weighted by Crippen LogP contribution is 2.37. The van der Waals surface area contributed by atoms with Crippen LogP contribution in [0.2, 0.25) is 5.02 Å². The highest BCUT2D eigenvalue weighted by Gasteiger charge is 2.22. The van der Waals surface area contributed by atoms with Crippen molar-refractivity contribution < 1.29 is 4.74 Å². The van der Waals surface area contributed by atoms with Crippen LogP contribution in [0.15, 0.2) is 47.4 Å². The van der Waals surface area contributed by atoms with Crippen molar-refractivity contribution in [3.63, 3.8) is 0 Å². The number of fused-ring (bicyclic) bond motifs is 1. The number of rotatable bonds is 4. The molecule has 0 aromatic heterocycles. The fourth-order valence-corrected chi connectivity index (χ4v) is 4.10. The second-order valence-electron chi connectivity index (χ2n) is 4.76. The van der Waals surface area contributed by atoms with Gasteiger partial charge in [0.05, 0.1) is 5.02 Å². The molecule has 1 aliphatic rings. The third-order valence-corrected chi connectivity index (χ3v) is 5.52. The zero-order valence-electron chi connectivity index (χ0n) is 10.8. The van der Waals surface area contributed by atoms with Crippen molar-refractivity contribution in [1.82, 2.24) is 0 Å². The average Bonchev–Trinajstić information content (AvgIpc) is 2.88. The SMILES string of the molecule is Clc1cc(CBr)ccc1OCC1Cc2ccccc2S1. The van der Waals surface area contributed by atoms with Crippen molar-refractivity contribution in [2.75, 3.05) is 6.61 Å². The van der Waals surface area contributed by atoms with Crippen molar-refractivity contribution >= 4 is 39.3 Å². The Kier molecular flexibility index (Phi) is 4.59. The largest absolute Gasteiger partial charge is 0.491 e. The van der Waals surface area contributed by atoms with Crippen LogP contribution >= 0.6 is 39.3 Å². The molecule has 1 heterocycles. The minimum Gasteiger partial charge on any atom is -0.491 e. The minimum absolute atomic E-state index is 0.472. The van der Waals surface area contributed by atoms with E-state index in [1.807, 2.05) is 30.0 Å². The van der Waals surface area contributed by atoms with Crippen LogP contribution in [0.25, 0.3) is 0 Å². The molecule has 2 aromatic carbocycles. The standard InChI is InChI=1S/C16H14BrClOS/c17-9-11-5-6-15(14(18)7-11)19-10-13-8-12-3-1-2-4-16(12)20-13/h1-7,13H,8-10H2. The number of thioether (sulfide) groups is 1. The van der Waals surface area contributed by atoms with Gasteiger partial charge in [-0.2, -0.15) is 0 Å². The number of hydrogen-bond acceptors (Lipinski definition) is 2. The molecule has 0 saturated carbocycles. The van der Waals surface area contributed by atoms with Gasteiger partial charge in [-0.15, -0.1) is 11.8 Å². The fraction of sp³-hybridized carbons (Fsp3) is 0.250. The van der Waals surface area contributed by atoms with E-state index < -0.39 is 0 Å². The quantitative estimate of drug-likeness (QED) is 0.674. The van der Waals surface area contributed by atoms with E-state index in [1.165, 1.54) is 10.5 Å². The van der Waals surface area contributed by atoms with E-state index in [0.717, 1.165) is 23.1 Å². The third kappa shape index (κ3) is 3.16. The summed E-state index contributed by atoms with van der Waals surface area (Å²) in [7, 11) is 0. The first-order chi connectivity index (χ1) is 9.76. The van der Waals surface area contributed by atoms with Gasteiger partial charge in [-0.25, -0.2) is 0 Å². The first kappa shape index (κ1) is 14.3. The van der Waals surface area contributed by atoms with E-state index in [1.54, 1.807) is 0 Å². The summed E-state index contributed by atoms with van der Waals surface area (Å²) in [6.45, 7) is 0.687. The smallest absolute Gasteiger partial charge is 0.137 e. The monoisotopic (exact) mass is 368 g/mol. The molecule has 1 nitrogen and oxygen atoms in total. The predicted octanol–water partition coefficient (Wildman–Crippen LogP) is 5.33. The second kappa shape index (κ2) is 6.42. The lowest BCUT2D eigenvalue weighted by atomic mass is 10.1. The van der Waals surface area contributed by atoms with Crippen LogP contribution in [0.5, 0.6) is 5.75 Å². The van der Waals surface area contributed by atoms with Gasteiger partial charge in [-0.1, -0.05) is 51.8 Å². The van der Waals surface area contributed by atoms with Crippen LogP contribution in [0, 0.1) is 0 Å². The Labute approximate surface area is 136 Å². The van der Waals surface area contributed by atoms with Crippen molar-refractivity contribution in [3.05, 3.63) is 58.6 Å². The average molecular weight is 370 g/mol. The van der Waals surface area contributed by atoms with Gasteiger partial charge in [0.25, 0.3) is 0 Å². The lowest BCUT2D eigenvalue weighted by Crippen LogP contribution is -2.13. The lowest BCUT2D eigenvalue weighted by Gasteiger charge is -2.12. The highest BCUT2D eigenvalue weighted by atomic mass is 79.9. The summed E-state index contributed by atoms with van der Waals surface area (Å²) in [6.07, 6.45) is 1.07. The van der Waals surface area contributed by atoms with E-state index in [2.05, 4.69) is 40.2 Å². The number of benzene rings is 2. The fourth-order valence-electron chi connectivity index (χ4n) is 2.27. The molecule has 0 radical (unpaired) electrons. The summed E-state index contributed by atoms with van der Waals surface area (Å²) < 4.78 is 5.88. The number of ether oxygens (including phenoxy) is 1. The topological polar surface area (TPSA) is 9.23 Å². The van der Waals surface area contributed by atoms with Crippen molar-refractivity contribution in [2.45, 2.75) is 21.9 Å². The highest BCUT2D eigenvalue weighted by molar-refractivity contribution is 9.08. The van der Waals surface area contributed by atoms with Gasteiger partial charge in [0, 0.05) is 15.5 Å². The van der Waals surface area contributed by atoms with Gasteiger partial charge >= 0.3 is 0 Å². The molecule has 4 heteroatoms. The molecule has 104 valence electrons. The molecule has 1 atom stereocenters. The summed E-state index contributed by atoms with van der Waals surface area (Å²) in [5.74, 6) is 0.771. The maximum atomic E-state index is 6.23. The molecule has 3 rings (SSSR count). The molecule has 0 amide bonds. The van der Waals surface area contributed by atoms with Crippen LogP contribution in [0.1, 0.15) is 11.1 Å². The number of halogens is 2. The van der Waals surface area contributed by atoms with E-state index >= 15 is 0 Å². The van der Waals surface area contributed by atoms with Gasteiger partial charge in [-0.3, -0.25) is 0 Å². The summed E-state index contributed by atoms with van der Waals surface area (Å²) in [6, 6.07) is 14.5. The van der Waals surface area contributed by atoms with Crippen LogP contribution in [-0.4, -0.2) is 11.9 Å². The van der Waals surface area contributed by atoms with Crippen LogP contribution in [0.4, 0.5) is 0 Å². The number of alkyl halides is 1. The van der Waals surface area contributed by atoms with Gasteiger partial charge in [0.15, 0.2) is 0 Å². The van der Waals surface area contributed by atoms with Gasteiger partial charge in [0.1, 0.15) is 12.4 Å². The predicted molar refractivity (Wildman–Crippen MR) is 89.4 cm³/mol. The Balaban J connectivity index is 1.61. The van der Waals surface area contributed by atoms with Crippen molar-refractivity contribution in [1.29, 1.82) is 0 Å². The molecule has 2 aromatic rings. The van der Waals surface area contributed by atoms with Gasteiger partial charge < -0.3 is 4.74 Å². The molecular formula is C16H14BrClOS. The molecule has 0 N–H and O–H groups in total. The maximum Gasteiger partial charge on any atom is 0.137 e. The van der Waals surface area contributed by atoms with Crippen molar-refractivity contribution in [3.8, 4) is 5.75 Å². The van der Waals surface area contributed by atoms with Crippen LogP contribution < -0.4 is 4.74 Å². The third-order valence-electron chi connectivity index (χ3n) is 3.29. The molecule has 20 heavy (non-hydrogen) atoms. The van der Waals surface area contributed by atoms with Gasteiger partial charge in [-0.05, 0) is 35.7 Å². The second-order valence-corrected chi connectivity index (χ2v) is 7.07. The van der Waals surface area contributed by atoms with E-state index in [4.69, 9.17) is 16.3 Å². The molecule has 0 spiro atoms. The Bertz CT molecular complexity index is 592. The minimum atomic E-state index is 0.472. The molecule has 1 aliphatic heterocycles. The van der Waals surface area contributed by atoms with Crippen molar-refractivity contribution in [2.24, 2.45) is 0 Å². The Morgan fingerprint density at radius 2 is 2.10 bits per heavy atom. The summed E-state index contributed by atoms with van der Waals surface area (Å²) in [5, 5.41) is 1.96. The molecule has 0 bridgehead atoms. The first-order valence-electron chi connectivity index (χ1n) is 6.48. The molecule has 0 saturated heterocycles. The normalized spacial score (nSPS) is 17.0. The molecule has 0 fully saturated rings. The summed E-state index contributed by atoms with van der Waals surface area (Å²) in [4.78, 5) is 1.38. The zero-order valence-corrected chi connectivity index (χ0v) is 14.0.